The van der Waals surface area contributed by atoms with Gasteiger partial charge in [0, 0.05) is 28.3 Å². The van der Waals surface area contributed by atoms with Crippen LogP contribution in [0.2, 0.25) is 0 Å². The quantitative estimate of drug-likeness (QED) is 0.880. The van der Waals surface area contributed by atoms with Crippen LogP contribution in [0.15, 0.2) is 12.4 Å². The van der Waals surface area contributed by atoms with Gasteiger partial charge in [-0.05, 0) is 51.2 Å². The number of nitrogens with zero attached hydrogens (tertiary/aromatic N) is 3. The summed E-state index contributed by atoms with van der Waals surface area (Å²) in [4.78, 5) is 7.24. The minimum absolute atomic E-state index is 0.0311. The van der Waals surface area contributed by atoms with Crippen molar-refractivity contribution in [1.29, 1.82) is 0 Å². The van der Waals surface area contributed by atoms with E-state index in [2.05, 4.69) is 30.0 Å². The van der Waals surface area contributed by atoms with Gasteiger partial charge in [0.2, 0.25) is 0 Å². The van der Waals surface area contributed by atoms with Crippen LogP contribution in [0.5, 0.6) is 0 Å². The third kappa shape index (κ3) is 3.19. The highest BCUT2D eigenvalue weighted by Crippen LogP contribution is 2.32. The normalized spacial score (nSPS) is 16.8. The van der Waals surface area contributed by atoms with Crippen LogP contribution in [0, 0.1) is 0 Å². The van der Waals surface area contributed by atoms with Crippen LogP contribution >= 0.6 is 11.3 Å². The average Bonchev–Trinajstić information content (AvgIpc) is 3.01. The minimum atomic E-state index is 0.0311. The summed E-state index contributed by atoms with van der Waals surface area (Å²) in [6.07, 6.45) is 8.85. The molecule has 2 heterocycles. The number of aryl methyl sites for hydroxylation is 2. The van der Waals surface area contributed by atoms with Gasteiger partial charge in [0.1, 0.15) is 12.2 Å². The third-order valence-corrected chi connectivity index (χ3v) is 5.54. The molecular weight excluding hydrogens is 280 g/mol. The van der Waals surface area contributed by atoms with Gasteiger partial charge in [-0.25, -0.2) is 9.67 Å². The molecule has 1 unspecified atom stereocenters. The summed E-state index contributed by atoms with van der Waals surface area (Å²) in [7, 11) is 0. The van der Waals surface area contributed by atoms with E-state index in [1.807, 2.05) is 16.0 Å². The molecule has 0 aliphatic heterocycles. The van der Waals surface area contributed by atoms with Gasteiger partial charge in [0.05, 0.1) is 0 Å². The average molecular weight is 304 g/mol. The molecular formula is C16H24N4S. The second-order valence-electron chi connectivity index (χ2n) is 6.18. The lowest BCUT2D eigenvalue weighted by atomic mass is 10.1. The van der Waals surface area contributed by atoms with Crippen molar-refractivity contribution >= 4 is 11.3 Å². The Morgan fingerprint density at radius 2 is 2.10 bits per heavy atom. The molecule has 21 heavy (non-hydrogen) atoms. The Bertz CT molecular complexity index is 576. The monoisotopic (exact) mass is 304 g/mol. The highest BCUT2D eigenvalue weighted by Gasteiger charge is 2.18. The van der Waals surface area contributed by atoms with Crippen LogP contribution in [0.3, 0.4) is 0 Å². The van der Waals surface area contributed by atoms with E-state index in [0.717, 1.165) is 12.2 Å². The number of hydrogen-bond acceptors (Lipinski definition) is 4. The fourth-order valence-corrected chi connectivity index (χ4v) is 4.28. The largest absolute Gasteiger partial charge is 0.323 e. The van der Waals surface area contributed by atoms with E-state index in [-0.39, 0.29) is 6.04 Å². The summed E-state index contributed by atoms with van der Waals surface area (Å²) in [5, 5.41) is 4.29. The zero-order chi connectivity index (χ0) is 14.8. The van der Waals surface area contributed by atoms with Gasteiger partial charge in [0.15, 0.2) is 0 Å². The summed E-state index contributed by atoms with van der Waals surface area (Å²) < 4.78 is 1.97. The topological polar surface area (TPSA) is 56.7 Å². The molecule has 2 aromatic rings. The predicted octanol–water partition coefficient (Wildman–Crippen LogP) is 3.43. The molecule has 0 bridgehead atoms. The lowest BCUT2D eigenvalue weighted by Gasteiger charge is -2.12. The summed E-state index contributed by atoms with van der Waals surface area (Å²) >= 11 is 1.91. The first kappa shape index (κ1) is 14.7. The zero-order valence-electron chi connectivity index (χ0n) is 12.9. The van der Waals surface area contributed by atoms with E-state index in [1.165, 1.54) is 42.5 Å². The molecule has 0 saturated heterocycles. The van der Waals surface area contributed by atoms with Gasteiger partial charge < -0.3 is 5.73 Å². The van der Waals surface area contributed by atoms with E-state index in [4.69, 9.17) is 5.73 Å². The second kappa shape index (κ2) is 6.28. The van der Waals surface area contributed by atoms with Crippen molar-refractivity contribution in [1.82, 2.24) is 14.8 Å². The Hall–Kier alpha value is -1.20. The third-order valence-electron chi connectivity index (χ3n) is 4.17. The molecule has 1 aliphatic carbocycles. The Morgan fingerprint density at radius 1 is 1.29 bits per heavy atom. The molecule has 4 nitrogen and oxygen atoms in total. The Morgan fingerprint density at radius 3 is 2.90 bits per heavy atom. The van der Waals surface area contributed by atoms with Crippen molar-refractivity contribution in [3.8, 4) is 0 Å². The van der Waals surface area contributed by atoms with Gasteiger partial charge in [-0.1, -0.05) is 6.42 Å². The highest BCUT2D eigenvalue weighted by molar-refractivity contribution is 7.12. The number of fused-ring (bicyclic) bond motifs is 1. The molecule has 0 saturated carbocycles. The van der Waals surface area contributed by atoms with Crippen molar-refractivity contribution in [2.24, 2.45) is 5.73 Å². The highest BCUT2D eigenvalue weighted by atomic mass is 32.1. The molecule has 2 N–H and O–H groups in total. The molecule has 0 aromatic carbocycles. The van der Waals surface area contributed by atoms with E-state index in [0.29, 0.717) is 6.04 Å². The lowest BCUT2D eigenvalue weighted by Crippen LogP contribution is -2.17. The van der Waals surface area contributed by atoms with Crippen molar-refractivity contribution in [2.45, 2.75) is 64.5 Å². The number of hydrogen-bond donors (Lipinski definition) is 1. The Balaban J connectivity index is 1.76. The van der Waals surface area contributed by atoms with Crippen molar-refractivity contribution in [3.63, 3.8) is 0 Å². The molecule has 1 aliphatic rings. The molecule has 3 rings (SSSR count). The number of aromatic nitrogens is 3. The summed E-state index contributed by atoms with van der Waals surface area (Å²) in [5.74, 6) is 0.987. The summed E-state index contributed by atoms with van der Waals surface area (Å²) in [6, 6.07) is 2.70. The lowest BCUT2D eigenvalue weighted by molar-refractivity contribution is 0.494. The molecule has 0 radical (unpaired) electrons. The maximum Gasteiger partial charge on any atom is 0.138 e. The Kier molecular flexibility index (Phi) is 4.40. The van der Waals surface area contributed by atoms with E-state index in [1.54, 1.807) is 11.2 Å². The maximum atomic E-state index is 6.44. The molecule has 1 atom stereocenters. The number of thiophene rings is 1. The molecule has 0 amide bonds. The van der Waals surface area contributed by atoms with Gasteiger partial charge >= 0.3 is 0 Å². The second-order valence-corrected chi connectivity index (χ2v) is 7.35. The number of nitrogens with two attached hydrogens (primary N) is 1. The van der Waals surface area contributed by atoms with E-state index in [9.17, 15) is 0 Å². The van der Waals surface area contributed by atoms with Crippen LogP contribution in [0.25, 0.3) is 0 Å². The van der Waals surface area contributed by atoms with Gasteiger partial charge in [0.25, 0.3) is 0 Å². The molecule has 0 spiro atoms. The predicted molar refractivity (Wildman–Crippen MR) is 86.6 cm³/mol. The van der Waals surface area contributed by atoms with Gasteiger partial charge in [-0.3, -0.25) is 0 Å². The molecule has 5 heteroatoms. The van der Waals surface area contributed by atoms with Gasteiger partial charge in [-0.15, -0.1) is 11.3 Å². The van der Waals surface area contributed by atoms with Crippen LogP contribution in [0.1, 0.15) is 66.3 Å². The smallest absolute Gasteiger partial charge is 0.138 e. The van der Waals surface area contributed by atoms with Crippen molar-refractivity contribution < 1.29 is 0 Å². The standard InChI is InChI=1S/C16H24N4S/c1-11(2)20-16(18-10-19-20)9-13(17)15-8-12-6-4-3-5-7-14(12)21-15/h8,10-11,13H,3-7,9,17H2,1-2H3. The minimum Gasteiger partial charge on any atom is -0.323 e. The summed E-state index contributed by atoms with van der Waals surface area (Å²) in [5.41, 5.74) is 7.97. The fraction of sp³-hybridized carbons (Fsp3) is 0.625. The fourth-order valence-electron chi connectivity index (χ4n) is 3.02. The Labute approximate surface area is 130 Å². The van der Waals surface area contributed by atoms with Crippen molar-refractivity contribution in [3.05, 3.63) is 33.5 Å². The summed E-state index contributed by atoms with van der Waals surface area (Å²) in [6.45, 7) is 4.24. The number of rotatable bonds is 4. The van der Waals surface area contributed by atoms with E-state index >= 15 is 0 Å². The van der Waals surface area contributed by atoms with Gasteiger partial charge in [-0.2, -0.15) is 5.10 Å². The van der Waals surface area contributed by atoms with Crippen LogP contribution in [-0.2, 0) is 19.3 Å². The van der Waals surface area contributed by atoms with Crippen LogP contribution in [-0.4, -0.2) is 14.8 Å². The van der Waals surface area contributed by atoms with Crippen molar-refractivity contribution in [2.75, 3.05) is 0 Å². The maximum absolute atomic E-state index is 6.44. The van der Waals surface area contributed by atoms with E-state index < -0.39 is 0 Å². The molecule has 0 fully saturated rings. The van der Waals surface area contributed by atoms with Crippen LogP contribution < -0.4 is 5.73 Å². The SMILES string of the molecule is CC(C)n1ncnc1CC(N)c1cc2c(s1)CCCCC2. The zero-order valence-corrected chi connectivity index (χ0v) is 13.7. The first-order valence-corrected chi connectivity index (χ1v) is 8.72. The first-order valence-electron chi connectivity index (χ1n) is 7.90. The first-order chi connectivity index (χ1) is 10.1. The van der Waals surface area contributed by atoms with Crippen LogP contribution in [0.4, 0.5) is 0 Å². The molecule has 114 valence electrons. The molecule has 2 aromatic heterocycles.